The molecule has 2 aliphatic rings. The fourth-order valence-electron chi connectivity index (χ4n) is 3.96. The minimum Gasteiger partial charge on any atom is -0.395 e. The smallest absolute Gasteiger partial charge is 0.240 e. The van der Waals surface area contributed by atoms with Crippen LogP contribution in [0.2, 0.25) is 0 Å². The van der Waals surface area contributed by atoms with Gasteiger partial charge in [0.15, 0.2) is 0 Å². The van der Waals surface area contributed by atoms with Gasteiger partial charge < -0.3 is 20.2 Å². The molecule has 7 nitrogen and oxygen atoms in total. The number of carbonyl (C=O) groups excluding carboxylic acids is 2. The van der Waals surface area contributed by atoms with E-state index >= 15 is 0 Å². The lowest BCUT2D eigenvalue weighted by Gasteiger charge is -2.37. The number of rotatable bonds is 8. The van der Waals surface area contributed by atoms with Gasteiger partial charge in [0, 0.05) is 52.4 Å². The number of nitrogens with zero attached hydrogens (tertiary/aromatic N) is 3. The average molecular weight is 389 g/mol. The summed E-state index contributed by atoms with van der Waals surface area (Å²) in [6.45, 7) is 5.88. The third-order valence-electron chi connectivity index (χ3n) is 5.64. The Labute approximate surface area is 167 Å². The van der Waals surface area contributed by atoms with Crippen LogP contribution in [-0.2, 0) is 16.0 Å². The van der Waals surface area contributed by atoms with E-state index in [1.54, 1.807) is 0 Å². The van der Waals surface area contributed by atoms with Crippen LogP contribution in [0.1, 0.15) is 18.4 Å². The number of nitrogens with one attached hydrogen (secondary N) is 1. The number of hydrogen-bond acceptors (Lipinski definition) is 5. The van der Waals surface area contributed by atoms with Gasteiger partial charge in [-0.25, -0.2) is 0 Å². The molecule has 2 N–H and O–H groups in total. The number of hydrogen-bond donors (Lipinski definition) is 2. The van der Waals surface area contributed by atoms with Gasteiger partial charge in [0.2, 0.25) is 11.8 Å². The number of benzene rings is 1. The molecule has 2 aliphatic heterocycles. The molecule has 0 saturated carbocycles. The van der Waals surface area contributed by atoms with E-state index in [1.807, 2.05) is 28.0 Å². The summed E-state index contributed by atoms with van der Waals surface area (Å²) >= 11 is 0. The van der Waals surface area contributed by atoms with Gasteiger partial charge in [-0.1, -0.05) is 30.3 Å². The average Bonchev–Trinajstić information content (AvgIpc) is 2.72. The largest absolute Gasteiger partial charge is 0.395 e. The summed E-state index contributed by atoms with van der Waals surface area (Å²) < 4.78 is 0. The van der Waals surface area contributed by atoms with E-state index in [0.717, 1.165) is 39.0 Å². The maximum absolute atomic E-state index is 12.8. The van der Waals surface area contributed by atoms with Gasteiger partial charge in [-0.2, -0.15) is 0 Å². The zero-order valence-corrected chi connectivity index (χ0v) is 16.6. The molecule has 3 rings (SSSR count). The van der Waals surface area contributed by atoms with E-state index in [0.29, 0.717) is 26.2 Å². The van der Waals surface area contributed by atoms with E-state index in [-0.39, 0.29) is 24.8 Å². The van der Waals surface area contributed by atoms with Gasteiger partial charge in [0.25, 0.3) is 0 Å². The van der Waals surface area contributed by atoms with Crippen LogP contribution in [0, 0.1) is 0 Å². The first-order valence-corrected chi connectivity index (χ1v) is 10.3. The number of aliphatic hydroxyl groups is 1. The second-order valence-electron chi connectivity index (χ2n) is 7.57. The molecule has 2 heterocycles. The van der Waals surface area contributed by atoms with Gasteiger partial charge in [-0.3, -0.25) is 14.5 Å². The van der Waals surface area contributed by atoms with Crippen LogP contribution < -0.4 is 5.32 Å². The van der Waals surface area contributed by atoms with Crippen LogP contribution >= 0.6 is 0 Å². The highest BCUT2D eigenvalue weighted by Gasteiger charge is 2.31. The number of carbonyl (C=O) groups is 2. The first kappa shape index (κ1) is 20.8. The number of β-amino-alcohol motifs (C(OH)–C–C–N with tert-alkyl or cyclic N) is 1. The van der Waals surface area contributed by atoms with Gasteiger partial charge in [0.1, 0.15) is 0 Å². The maximum atomic E-state index is 12.8. The van der Waals surface area contributed by atoms with Crippen molar-refractivity contribution in [2.24, 2.45) is 0 Å². The monoisotopic (exact) mass is 388 g/mol. The Balaban J connectivity index is 1.43. The minimum atomic E-state index is -0.409. The molecule has 0 bridgehead atoms. The topological polar surface area (TPSA) is 76.1 Å². The summed E-state index contributed by atoms with van der Waals surface area (Å²) in [7, 11) is 0. The van der Waals surface area contributed by atoms with Gasteiger partial charge in [0.05, 0.1) is 19.1 Å². The molecule has 0 aromatic heterocycles. The molecular weight excluding hydrogens is 356 g/mol. The van der Waals surface area contributed by atoms with Gasteiger partial charge in [-0.15, -0.1) is 0 Å². The first-order valence-electron chi connectivity index (χ1n) is 10.3. The van der Waals surface area contributed by atoms with E-state index in [4.69, 9.17) is 5.11 Å². The number of aryl methyl sites for hydroxylation is 1. The molecule has 0 spiro atoms. The quantitative estimate of drug-likeness (QED) is 0.653. The Morgan fingerprint density at radius 3 is 2.54 bits per heavy atom. The van der Waals surface area contributed by atoms with Crippen molar-refractivity contribution in [1.82, 2.24) is 20.0 Å². The molecule has 2 saturated heterocycles. The fourth-order valence-corrected chi connectivity index (χ4v) is 3.96. The lowest BCUT2D eigenvalue weighted by atomic mass is 10.1. The van der Waals surface area contributed by atoms with Crippen molar-refractivity contribution < 1.29 is 14.7 Å². The van der Waals surface area contributed by atoms with Crippen molar-refractivity contribution in [3.05, 3.63) is 35.9 Å². The van der Waals surface area contributed by atoms with E-state index in [1.165, 1.54) is 5.56 Å². The van der Waals surface area contributed by atoms with Crippen LogP contribution in [0.3, 0.4) is 0 Å². The molecule has 2 fully saturated rings. The van der Waals surface area contributed by atoms with Crippen molar-refractivity contribution in [2.45, 2.75) is 25.3 Å². The van der Waals surface area contributed by atoms with Crippen LogP contribution in [0.15, 0.2) is 30.3 Å². The minimum absolute atomic E-state index is 0.0423. The summed E-state index contributed by atoms with van der Waals surface area (Å²) in [5.41, 5.74) is 1.29. The van der Waals surface area contributed by atoms with Crippen molar-refractivity contribution >= 4 is 11.8 Å². The molecule has 0 aliphatic carbocycles. The van der Waals surface area contributed by atoms with Crippen LogP contribution in [0.4, 0.5) is 0 Å². The number of piperazine rings is 2. The van der Waals surface area contributed by atoms with E-state index in [2.05, 4.69) is 22.3 Å². The molecule has 1 aromatic rings. The summed E-state index contributed by atoms with van der Waals surface area (Å²) in [5.74, 6) is 0.0900. The zero-order chi connectivity index (χ0) is 19.8. The molecule has 2 amide bonds. The van der Waals surface area contributed by atoms with Crippen LogP contribution in [0.5, 0.6) is 0 Å². The molecular formula is C21H32N4O3. The lowest BCUT2D eigenvalue weighted by molar-refractivity contribution is -0.141. The van der Waals surface area contributed by atoms with Crippen molar-refractivity contribution in [2.75, 3.05) is 59.0 Å². The second-order valence-corrected chi connectivity index (χ2v) is 7.57. The summed E-state index contributed by atoms with van der Waals surface area (Å²) in [5, 5.41) is 12.2. The third-order valence-corrected chi connectivity index (χ3v) is 5.64. The van der Waals surface area contributed by atoms with E-state index < -0.39 is 6.04 Å². The summed E-state index contributed by atoms with van der Waals surface area (Å²) in [6.07, 6.45) is 2.12. The summed E-state index contributed by atoms with van der Waals surface area (Å²) in [4.78, 5) is 31.3. The van der Waals surface area contributed by atoms with Crippen molar-refractivity contribution in [3.63, 3.8) is 0 Å². The number of aliphatic hydroxyl groups excluding tert-OH is 1. The standard InChI is InChI=1S/C21H32N4O3/c26-16-15-23-11-13-24(14-12-23)20(27)17-19-21(28)25(10-8-22-19)9-4-7-18-5-2-1-3-6-18/h1-3,5-6,19,22,26H,4,7-17H2. The highest BCUT2D eigenvalue weighted by atomic mass is 16.3. The SMILES string of the molecule is O=C(CC1NCCN(CCCc2ccccc2)C1=O)N1CCN(CCO)CC1. The number of amides is 2. The van der Waals surface area contributed by atoms with E-state index in [9.17, 15) is 9.59 Å². The normalized spacial score (nSPS) is 21.2. The third kappa shape index (κ3) is 5.77. The lowest BCUT2D eigenvalue weighted by Crippen LogP contribution is -2.57. The first-order chi connectivity index (χ1) is 13.7. The molecule has 154 valence electrons. The van der Waals surface area contributed by atoms with Gasteiger partial charge >= 0.3 is 0 Å². The van der Waals surface area contributed by atoms with Crippen LogP contribution in [-0.4, -0.2) is 96.6 Å². The summed E-state index contributed by atoms with van der Waals surface area (Å²) in [6, 6.07) is 9.90. The molecule has 1 aromatic carbocycles. The zero-order valence-electron chi connectivity index (χ0n) is 16.6. The molecule has 7 heteroatoms. The molecule has 1 unspecified atom stereocenters. The predicted molar refractivity (Wildman–Crippen MR) is 108 cm³/mol. The Hall–Kier alpha value is -1.96. The molecule has 0 radical (unpaired) electrons. The Morgan fingerprint density at radius 2 is 1.82 bits per heavy atom. The Bertz CT molecular complexity index is 632. The Morgan fingerprint density at radius 1 is 1.07 bits per heavy atom. The van der Waals surface area contributed by atoms with Gasteiger partial charge in [-0.05, 0) is 18.4 Å². The fraction of sp³-hybridized carbons (Fsp3) is 0.619. The maximum Gasteiger partial charge on any atom is 0.240 e. The highest BCUT2D eigenvalue weighted by molar-refractivity contribution is 5.89. The molecule has 1 atom stereocenters. The second kappa shape index (κ2) is 10.5. The van der Waals surface area contributed by atoms with Crippen LogP contribution in [0.25, 0.3) is 0 Å². The van der Waals surface area contributed by atoms with Crippen molar-refractivity contribution in [3.8, 4) is 0 Å². The Kier molecular flexibility index (Phi) is 7.82. The van der Waals surface area contributed by atoms with Crippen molar-refractivity contribution in [1.29, 1.82) is 0 Å². The molecule has 28 heavy (non-hydrogen) atoms. The predicted octanol–water partition coefficient (Wildman–Crippen LogP) is -0.0538. The highest BCUT2D eigenvalue weighted by Crippen LogP contribution is 2.11.